The van der Waals surface area contributed by atoms with E-state index in [2.05, 4.69) is 9.97 Å². The number of aryl methyl sites for hydroxylation is 1. The van der Waals surface area contributed by atoms with Crippen molar-refractivity contribution in [3.05, 3.63) is 115 Å². The first-order chi connectivity index (χ1) is 19.3. The summed E-state index contributed by atoms with van der Waals surface area (Å²) < 4.78 is 11.6. The van der Waals surface area contributed by atoms with Crippen molar-refractivity contribution in [2.75, 3.05) is 20.8 Å². The van der Waals surface area contributed by atoms with E-state index in [9.17, 15) is 14.7 Å². The van der Waals surface area contributed by atoms with Crippen molar-refractivity contribution in [2.45, 2.75) is 13.3 Å². The molecule has 9 nitrogen and oxygen atoms in total. The highest BCUT2D eigenvalue weighted by Crippen LogP contribution is 2.27. The van der Waals surface area contributed by atoms with Crippen LogP contribution in [0.25, 0.3) is 16.6 Å². The normalized spacial score (nSPS) is 11.7. The van der Waals surface area contributed by atoms with Gasteiger partial charge in [-0.2, -0.15) is 0 Å². The molecule has 0 atom stereocenters. The molecule has 0 unspecified atom stereocenters. The number of ether oxygens (including phenoxy) is 2. The summed E-state index contributed by atoms with van der Waals surface area (Å²) in [6, 6.07) is 19.1. The number of benzene rings is 3. The second-order valence-corrected chi connectivity index (χ2v) is 9.56. The minimum absolute atomic E-state index is 0.130. The zero-order valence-corrected chi connectivity index (χ0v) is 22.9. The third-order valence-corrected chi connectivity index (χ3v) is 6.98. The van der Waals surface area contributed by atoms with Gasteiger partial charge in [-0.15, -0.1) is 0 Å². The van der Waals surface area contributed by atoms with Gasteiger partial charge in [-0.05, 0) is 73.5 Å². The molecule has 3 aromatic carbocycles. The molecule has 2 heterocycles. The number of rotatable bonds is 8. The quantitative estimate of drug-likeness (QED) is 0.237. The van der Waals surface area contributed by atoms with Crippen LogP contribution in [-0.4, -0.2) is 46.1 Å². The van der Waals surface area contributed by atoms with Crippen molar-refractivity contribution < 1.29 is 14.6 Å². The number of aromatic hydroxyl groups is 1. The highest BCUT2D eigenvalue weighted by molar-refractivity contribution is 6.30. The fourth-order valence-electron chi connectivity index (χ4n) is 4.72. The zero-order chi connectivity index (χ0) is 28.4. The largest absolute Gasteiger partial charge is 0.497 e. The molecular formula is C30H27ClN4O5. The average molecular weight is 559 g/mol. The fourth-order valence-corrected chi connectivity index (χ4v) is 4.85. The van der Waals surface area contributed by atoms with Crippen LogP contribution in [0.3, 0.4) is 0 Å². The van der Waals surface area contributed by atoms with Crippen molar-refractivity contribution in [3.63, 3.8) is 0 Å². The van der Waals surface area contributed by atoms with E-state index in [-0.39, 0.29) is 11.3 Å². The van der Waals surface area contributed by atoms with E-state index in [1.54, 1.807) is 55.6 Å². The Morgan fingerprint density at radius 2 is 1.62 bits per heavy atom. The molecule has 0 bridgehead atoms. The number of hydrogen-bond acceptors (Lipinski definition) is 6. The number of aromatic amines is 2. The molecule has 0 aliphatic rings. The third kappa shape index (κ3) is 5.11. The first-order valence-corrected chi connectivity index (χ1v) is 12.9. The first-order valence-electron chi connectivity index (χ1n) is 12.5. The van der Waals surface area contributed by atoms with Gasteiger partial charge in [0.2, 0.25) is 5.88 Å². The molecule has 3 N–H and O–H groups in total. The number of nitrogens with zero attached hydrogens (tertiary/aromatic N) is 2. The van der Waals surface area contributed by atoms with Crippen LogP contribution in [0, 0.1) is 6.92 Å². The number of H-pyrrole nitrogens is 2. The minimum Gasteiger partial charge on any atom is -0.497 e. The van der Waals surface area contributed by atoms with Gasteiger partial charge in [0.1, 0.15) is 17.1 Å². The molecule has 5 rings (SSSR count). The molecule has 0 saturated heterocycles. The van der Waals surface area contributed by atoms with Crippen molar-refractivity contribution in [1.82, 2.24) is 14.5 Å². The van der Waals surface area contributed by atoms with Crippen molar-refractivity contribution >= 4 is 28.2 Å². The molecule has 0 aliphatic carbocycles. The van der Waals surface area contributed by atoms with Gasteiger partial charge < -0.3 is 19.6 Å². The van der Waals surface area contributed by atoms with Gasteiger partial charge in [0.25, 0.3) is 5.56 Å². The van der Waals surface area contributed by atoms with Crippen molar-refractivity contribution in [3.8, 4) is 23.1 Å². The number of methoxy groups -OCH3 is 2. The van der Waals surface area contributed by atoms with Crippen molar-refractivity contribution in [2.24, 2.45) is 4.99 Å². The van der Waals surface area contributed by atoms with E-state index in [1.165, 1.54) is 7.11 Å². The van der Waals surface area contributed by atoms with Gasteiger partial charge in [0, 0.05) is 33.7 Å². The number of aromatic nitrogens is 3. The van der Waals surface area contributed by atoms with Gasteiger partial charge in [-0.1, -0.05) is 23.7 Å². The Morgan fingerprint density at radius 1 is 0.950 bits per heavy atom. The molecule has 0 spiro atoms. The van der Waals surface area contributed by atoms with Crippen LogP contribution < -0.4 is 20.7 Å². The summed E-state index contributed by atoms with van der Waals surface area (Å²) in [7, 11) is 3.15. The Morgan fingerprint density at radius 3 is 2.30 bits per heavy atom. The first kappa shape index (κ1) is 26.8. The standard InChI is InChI=1S/C30H27ClN4O5/c1-17-23(24-16-22(40-3)12-13-25(24)33-17)14-15-32-27(18-4-6-19(31)7-5-18)26-28(36)34-30(38)35(29(26)37)20-8-10-21(39-2)11-9-20/h4-13,16,33,37H,14-15H2,1-3H3,(H,34,36,38). The van der Waals surface area contributed by atoms with E-state index >= 15 is 0 Å². The van der Waals surface area contributed by atoms with E-state index in [0.29, 0.717) is 35.0 Å². The molecule has 0 saturated carbocycles. The Bertz CT molecular complexity index is 1830. The zero-order valence-electron chi connectivity index (χ0n) is 22.1. The van der Waals surface area contributed by atoms with E-state index < -0.39 is 17.1 Å². The van der Waals surface area contributed by atoms with Crippen LogP contribution in [0.15, 0.2) is 81.3 Å². The molecule has 40 heavy (non-hydrogen) atoms. The van der Waals surface area contributed by atoms with Crippen LogP contribution in [0.2, 0.25) is 5.02 Å². The van der Waals surface area contributed by atoms with E-state index in [0.717, 1.165) is 32.5 Å². The highest BCUT2D eigenvalue weighted by Gasteiger charge is 2.22. The van der Waals surface area contributed by atoms with Crippen LogP contribution in [0.5, 0.6) is 17.4 Å². The van der Waals surface area contributed by atoms with Gasteiger partial charge in [-0.3, -0.25) is 14.8 Å². The lowest BCUT2D eigenvalue weighted by molar-refractivity contribution is 0.414. The lowest BCUT2D eigenvalue weighted by Gasteiger charge is -2.14. The van der Waals surface area contributed by atoms with Gasteiger partial charge >= 0.3 is 5.69 Å². The van der Waals surface area contributed by atoms with Gasteiger partial charge in [-0.25, -0.2) is 9.36 Å². The topological polar surface area (TPSA) is 122 Å². The third-order valence-electron chi connectivity index (χ3n) is 6.73. The molecule has 0 fully saturated rings. The van der Waals surface area contributed by atoms with Crippen LogP contribution in [0.1, 0.15) is 22.4 Å². The van der Waals surface area contributed by atoms with Crippen LogP contribution in [-0.2, 0) is 6.42 Å². The van der Waals surface area contributed by atoms with Crippen LogP contribution >= 0.6 is 11.6 Å². The highest BCUT2D eigenvalue weighted by atomic mass is 35.5. The Kier molecular flexibility index (Phi) is 7.48. The second kappa shape index (κ2) is 11.2. The molecule has 5 aromatic rings. The maximum Gasteiger partial charge on any atom is 0.335 e. The fraction of sp³-hybridized carbons (Fsp3) is 0.167. The van der Waals surface area contributed by atoms with Crippen molar-refractivity contribution in [1.29, 1.82) is 0 Å². The number of hydrogen-bond donors (Lipinski definition) is 3. The summed E-state index contributed by atoms with van der Waals surface area (Å²) in [5.74, 6) is 0.797. The molecule has 2 aromatic heterocycles. The second-order valence-electron chi connectivity index (χ2n) is 9.12. The number of halogens is 1. The molecule has 0 aliphatic heterocycles. The summed E-state index contributed by atoms with van der Waals surface area (Å²) in [4.78, 5) is 36.4. The van der Waals surface area contributed by atoms with Gasteiger partial charge in [0.05, 0.1) is 25.6 Å². The Balaban J connectivity index is 1.61. The summed E-state index contributed by atoms with van der Waals surface area (Å²) in [5, 5.41) is 12.9. The minimum atomic E-state index is -0.782. The predicted molar refractivity (Wildman–Crippen MR) is 156 cm³/mol. The SMILES string of the molecule is COc1ccc(-n2c(O)c(C(=NCCc3c(C)[nH]c4ccc(OC)cc34)c3ccc(Cl)cc3)c(=O)[nH]c2=O)cc1. The lowest BCUT2D eigenvalue weighted by atomic mass is 10.0. The summed E-state index contributed by atoms with van der Waals surface area (Å²) in [6.07, 6.45) is 0.548. The average Bonchev–Trinajstić information content (AvgIpc) is 3.26. The molecule has 0 amide bonds. The Labute approximate surface area is 234 Å². The van der Waals surface area contributed by atoms with Gasteiger partial charge in [0.15, 0.2) is 0 Å². The Hall–Kier alpha value is -4.76. The number of aliphatic imine (C=N–C) groups is 1. The smallest absolute Gasteiger partial charge is 0.335 e. The van der Waals surface area contributed by atoms with E-state index in [4.69, 9.17) is 26.1 Å². The molecular weight excluding hydrogens is 532 g/mol. The number of fused-ring (bicyclic) bond motifs is 1. The monoisotopic (exact) mass is 558 g/mol. The molecule has 204 valence electrons. The molecule has 10 heteroatoms. The van der Waals surface area contributed by atoms with E-state index in [1.807, 2.05) is 25.1 Å². The summed E-state index contributed by atoms with van der Waals surface area (Å²) in [6.45, 7) is 2.29. The molecule has 0 radical (unpaired) electrons. The lowest BCUT2D eigenvalue weighted by Crippen LogP contribution is -2.33. The van der Waals surface area contributed by atoms with Crippen LogP contribution in [0.4, 0.5) is 0 Å². The number of nitrogens with one attached hydrogen (secondary N) is 2. The summed E-state index contributed by atoms with van der Waals surface area (Å²) >= 11 is 6.12. The summed E-state index contributed by atoms with van der Waals surface area (Å²) in [5.41, 5.74) is 2.51. The maximum absolute atomic E-state index is 13.1. The predicted octanol–water partition coefficient (Wildman–Crippen LogP) is 4.77. The maximum atomic E-state index is 13.1.